The molecule has 2 rings (SSSR count). The zero-order valence-corrected chi connectivity index (χ0v) is 10.9. The van der Waals surface area contributed by atoms with Crippen LogP contribution in [0.25, 0.3) is 0 Å². The summed E-state index contributed by atoms with van der Waals surface area (Å²) in [6, 6.07) is 3.38. The van der Waals surface area contributed by atoms with Gasteiger partial charge in [-0.2, -0.15) is 0 Å². The average molecular weight is 289 g/mol. The number of benzene rings is 1. The van der Waals surface area contributed by atoms with Gasteiger partial charge in [-0.05, 0) is 24.6 Å². The molecule has 0 aliphatic carbocycles. The van der Waals surface area contributed by atoms with Crippen molar-refractivity contribution in [2.24, 2.45) is 0 Å². The fraction of sp³-hybridized carbons (Fsp3) is 0.417. The van der Waals surface area contributed by atoms with Gasteiger partial charge in [0, 0.05) is 18.5 Å². The monoisotopic (exact) mass is 289 g/mol. The van der Waals surface area contributed by atoms with Crippen molar-refractivity contribution in [2.45, 2.75) is 12.3 Å². The van der Waals surface area contributed by atoms with Gasteiger partial charge in [-0.15, -0.1) is 0 Å². The zero-order valence-electron chi connectivity index (χ0n) is 10.9. The number of rotatable bonds is 2. The van der Waals surface area contributed by atoms with Crippen molar-refractivity contribution in [1.82, 2.24) is 4.90 Å². The normalized spacial score (nSPS) is 17.3. The highest BCUT2D eigenvalue weighted by atomic mass is 19.3. The summed E-state index contributed by atoms with van der Waals surface area (Å²) in [5.41, 5.74) is -0.0718. The molecule has 1 aliphatic heterocycles. The summed E-state index contributed by atoms with van der Waals surface area (Å²) in [6.45, 7) is 0.472. The first-order chi connectivity index (χ1) is 9.25. The van der Waals surface area contributed by atoms with E-state index in [1.54, 1.807) is 11.9 Å². The Kier molecular flexibility index (Phi) is 5.73. The molecule has 1 heterocycles. The van der Waals surface area contributed by atoms with Crippen LogP contribution in [-0.2, 0) is 0 Å². The molecule has 1 saturated heterocycles. The maximum atomic E-state index is 12.8. The Morgan fingerprint density at radius 2 is 2.05 bits per heavy atom. The van der Waals surface area contributed by atoms with Crippen molar-refractivity contribution < 1.29 is 28.0 Å². The predicted octanol–water partition coefficient (Wildman–Crippen LogP) is 0.275. The van der Waals surface area contributed by atoms with Crippen LogP contribution in [0.1, 0.15) is 16.8 Å². The van der Waals surface area contributed by atoms with Crippen molar-refractivity contribution >= 4 is 18.9 Å². The topological polar surface area (TPSA) is 60.8 Å². The van der Waals surface area contributed by atoms with Gasteiger partial charge in [0.15, 0.2) is 6.29 Å². The fourth-order valence-corrected chi connectivity index (χ4v) is 1.71. The van der Waals surface area contributed by atoms with Crippen LogP contribution in [0.15, 0.2) is 18.2 Å². The SMILES string of the molecule is CN1CCC(F)(F)C1.O=Cc1ccc(B(O)O)cc1F. The lowest BCUT2D eigenvalue weighted by Crippen LogP contribution is -2.30. The van der Waals surface area contributed by atoms with Gasteiger partial charge in [0.2, 0.25) is 0 Å². The Morgan fingerprint density at radius 3 is 2.35 bits per heavy atom. The predicted molar refractivity (Wildman–Crippen MR) is 68.7 cm³/mol. The van der Waals surface area contributed by atoms with Crippen LogP contribution in [0, 0.1) is 5.82 Å². The van der Waals surface area contributed by atoms with E-state index < -0.39 is 18.9 Å². The van der Waals surface area contributed by atoms with Crippen molar-refractivity contribution in [3.8, 4) is 0 Å². The number of hydrogen-bond donors (Lipinski definition) is 2. The summed E-state index contributed by atoms with van der Waals surface area (Å²) < 4.78 is 37.1. The standard InChI is InChI=1S/C7H6BFO3.C5H9F2N/c9-7-3-6(8(11)12)2-1-5(7)4-10;1-8-3-2-5(6,7)4-8/h1-4,11-12H;2-4H2,1H3. The van der Waals surface area contributed by atoms with Gasteiger partial charge in [0.05, 0.1) is 6.54 Å². The van der Waals surface area contributed by atoms with Gasteiger partial charge < -0.3 is 14.9 Å². The third-order valence-corrected chi connectivity index (χ3v) is 2.81. The lowest BCUT2D eigenvalue weighted by Gasteiger charge is -2.06. The highest BCUT2D eigenvalue weighted by molar-refractivity contribution is 6.58. The molecule has 0 atom stereocenters. The maximum Gasteiger partial charge on any atom is 0.488 e. The van der Waals surface area contributed by atoms with E-state index in [4.69, 9.17) is 10.0 Å². The lowest BCUT2D eigenvalue weighted by molar-refractivity contribution is 0.0146. The highest BCUT2D eigenvalue weighted by Gasteiger charge is 2.35. The largest absolute Gasteiger partial charge is 0.488 e. The summed E-state index contributed by atoms with van der Waals surface area (Å²) in [5.74, 6) is -3.16. The molecule has 8 heteroatoms. The number of aldehydes is 1. The van der Waals surface area contributed by atoms with Gasteiger partial charge >= 0.3 is 7.12 Å². The number of likely N-dealkylation sites (tertiary alicyclic amines) is 1. The van der Waals surface area contributed by atoms with Crippen LogP contribution < -0.4 is 5.46 Å². The molecule has 1 aromatic rings. The van der Waals surface area contributed by atoms with E-state index in [1.807, 2.05) is 0 Å². The molecule has 0 saturated carbocycles. The summed E-state index contributed by atoms with van der Waals surface area (Å²) >= 11 is 0. The molecule has 0 radical (unpaired) electrons. The second-order valence-electron chi connectivity index (χ2n) is 4.62. The number of alkyl halides is 2. The molecule has 0 spiro atoms. The minimum atomic E-state index is -2.41. The average Bonchev–Trinajstić information content (AvgIpc) is 2.67. The van der Waals surface area contributed by atoms with Gasteiger partial charge in [-0.1, -0.05) is 6.07 Å². The Morgan fingerprint density at radius 1 is 1.40 bits per heavy atom. The molecular formula is C12H15BF3NO3. The second-order valence-corrected chi connectivity index (χ2v) is 4.62. The molecule has 1 aromatic carbocycles. The summed E-state index contributed by atoms with van der Waals surface area (Å²) in [6.07, 6.45) is 0.395. The van der Waals surface area contributed by atoms with E-state index in [1.165, 1.54) is 12.1 Å². The third kappa shape index (κ3) is 4.95. The number of hydrogen-bond acceptors (Lipinski definition) is 4. The van der Waals surface area contributed by atoms with Gasteiger partial charge in [0.25, 0.3) is 5.92 Å². The van der Waals surface area contributed by atoms with Crippen LogP contribution in [0.3, 0.4) is 0 Å². The van der Waals surface area contributed by atoms with E-state index in [2.05, 4.69) is 0 Å². The molecule has 0 aromatic heterocycles. The minimum absolute atomic E-state index is 0.0260. The zero-order chi connectivity index (χ0) is 15.3. The number of halogens is 3. The molecule has 0 amide bonds. The highest BCUT2D eigenvalue weighted by Crippen LogP contribution is 2.24. The summed E-state index contributed by atoms with van der Waals surface area (Å²) in [7, 11) is 0.00109. The van der Waals surface area contributed by atoms with Crippen LogP contribution in [0.5, 0.6) is 0 Å². The molecule has 0 unspecified atom stereocenters. The second kappa shape index (κ2) is 6.87. The number of nitrogens with zero attached hydrogens (tertiary/aromatic N) is 1. The minimum Gasteiger partial charge on any atom is -0.423 e. The third-order valence-electron chi connectivity index (χ3n) is 2.81. The fourth-order valence-electron chi connectivity index (χ4n) is 1.71. The molecule has 2 N–H and O–H groups in total. The van der Waals surface area contributed by atoms with Gasteiger partial charge in [-0.25, -0.2) is 13.2 Å². The van der Waals surface area contributed by atoms with E-state index >= 15 is 0 Å². The Labute approximate surface area is 115 Å². The summed E-state index contributed by atoms with van der Waals surface area (Å²) in [5, 5.41) is 17.2. The summed E-state index contributed by atoms with van der Waals surface area (Å²) in [4.78, 5) is 11.8. The number of carbonyl (C=O) groups is 1. The van der Waals surface area contributed by atoms with Crippen LogP contribution >= 0.6 is 0 Å². The molecule has 20 heavy (non-hydrogen) atoms. The van der Waals surface area contributed by atoms with Crippen molar-refractivity contribution in [3.63, 3.8) is 0 Å². The van der Waals surface area contributed by atoms with E-state index in [-0.39, 0.29) is 24.0 Å². The number of carbonyl (C=O) groups excluding carboxylic acids is 1. The smallest absolute Gasteiger partial charge is 0.423 e. The van der Waals surface area contributed by atoms with Crippen molar-refractivity contribution in [1.29, 1.82) is 0 Å². The van der Waals surface area contributed by atoms with E-state index in [0.717, 1.165) is 6.07 Å². The molecule has 0 bridgehead atoms. The first kappa shape index (κ1) is 16.7. The molecule has 1 fully saturated rings. The van der Waals surface area contributed by atoms with Crippen LogP contribution in [0.4, 0.5) is 13.2 Å². The van der Waals surface area contributed by atoms with Gasteiger partial charge in [0.1, 0.15) is 5.82 Å². The Balaban J connectivity index is 0.000000217. The quantitative estimate of drug-likeness (QED) is 0.606. The Hall–Kier alpha value is -1.38. The maximum absolute atomic E-state index is 12.8. The first-order valence-electron chi connectivity index (χ1n) is 5.92. The molecule has 1 aliphatic rings. The van der Waals surface area contributed by atoms with Crippen molar-refractivity contribution in [3.05, 3.63) is 29.6 Å². The first-order valence-corrected chi connectivity index (χ1v) is 5.92. The Bertz CT molecular complexity index is 471. The van der Waals surface area contributed by atoms with Crippen LogP contribution in [0.2, 0.25) is 0 Å². The van der Waals surface area contributed by atoms with E-state index in [9.17, 15) is 18.0 Å². The van der Waals surface area contributed by atoms with E-state index in [0.29, 0.717) is 12.8 Å². The molecule has 4 nitrogen and oxygen atoms in total. The lowest BCUT2D eigenvalue weighted by atomic mass is 9.80. The van der Waals surface area contributed by atoms with Gasteiger partial charge in [-0.3, -0.25) is 4.79 Å². The molecular weight excluding hydrogens is 274 g/mol. The van der Waals surface area contributed by atoms with Crippen molar-refractivity contribution in [2.75, 3.05) is 20.1 Å². The van der Waals surface area contributed by atoms with Crippen LogP contribution in [-0.4, -0.2) is 54.4 Å². The molecule has 110 valence electrons.